The SMILES string of the molecule is CC(Cc1ccc(Cl)cc1)(Cc1ccc(Cl)cc1)C(O)O. The third-order valence-electron chi connectivity index (χ3n) is 3.67. The van der Waals surface area contributed by atoms with Gasteiger partial charge in [-0.2, -0.15) is 0 Å². The molecule has 0 aromatic heterocycles. The Labute approximate surface area is 135 Å². The Morgan fingerprint density at radius 2 is 1.14 bits per heavy atom. The molecule has 2 aromatic carbocycles. The molecule has 0 aliphatic carbocycles. The Morgan fingerprint density at radius 1 is 0.810 bits per heavy atom. The highest BCUT2D eigenvalue weighted by Gasteiger charge is 2.32. The quantitative estimate of drug-likeness (QED) is 0.813. The highest BCUT2D eigenvalue weighted by molar-refractivity contribution is 6.30. The number of rotatable bonds is 5. The second-order valence-electron chi connectivity index (χ2n) is 5.63. The Balaban J connectivity index is 2.19. The van der Waals surface area contributed by atoms with Gasteiger partial charge in [-0.15, -0.1) is 0 Å². The molecule has 2 aromatic rings. The summed E-state index contributed by atoms with van der Waals surface area (Å²) in [4.78, 5) is 0. The van der Waals surface area contributed by atoms with Gasteiger partial charge in [-0.25, -0.2) is 0 Å². The Bertz CT molecular complexity index is 529. The lowest BCUT2D eigenvalue weighted by Gasteiger charge is -2.32. The van der Waals surface area contributed by atoms with Crippen LogP contribution in [0.2, 0.25) is 10.0 Å². The number of halogens is 2. The van der Waals surface area contributed by atoms with Crippen molar-refractivity contribution in [3.63, 3.8) is 0 Å². The Hall–Kier alpha value is -1.06. The van der Waals surface area contributed by atoms with Crippen molar-refractivity contribution in [3.8, 4) is 0 Å². The van der Waals surface area contributed by atoms with Crippen molar-refractivity contribution in [3.05, 3.63) is 69.7 Å². The second-order valence-corrected chi connectivity index (χ2v) is 6.51. The molecule has 0 saturated carbocycles. The zero-order valence-corrected chi connectivity index (χ0v) is 13.3. The van der Waals surface area contributed by atoms with E-state index in [0.717, 1.165) is 11.1 Å². The summed E-state index contributed by atoms with van der Waals surface area (Å²) in [7, 11) is 0. The molecule has 21 heavy (non-hydrogen) atoms. The maximum Gasteiger partial charge on any atom is 0.157 e. The summed E-state index contributed by atoms with van der Waals surface area (Å²) in [6, 6.07) is 14.9. The largest absolute Gasteiger partial charge is 0.368 e. The first-order chi connectivity index (χ1) is 9.89. The molecule has 0 spiro atoms. The maximum atomic E-state index is 9.81. The van der Waals surface area contributed by atoms with Crippen LogP contribution in [0.5, 0.6) is 0 Å². The van der Waals surface area contributed by atoms with Crippen LogP contribution < -0.4 is 0 Å². The summed E-state index contributed by atoms with van der Waals surface area (Å²) in [5.41, 5.74) is 1.36. The minimum absolute atomic E-state index is 0.546. The second kappa shape index (κ2) is 6.80. The van der Waals surface area contributed by atoms with E-state index in [4.69, 9.17) is 23.2 Å². The van der Waals surface area contributed by atoms with Gasteiger partial charge >= 0.3 is 0 Å². The van der Waals surface area contributed by atoms with Gasteiger partial charge in [0.25, 0.3) is 0 Å². The van der Waals surface area contributed by atoms with Crippen LogP contribution in [0.4, 0.5) is 0 Å². The average Bonchev–Trinajstić information content (AvgIpc) is 2.44. The summed E-state index contributed by atoms with van der Waals surface area (Å²) < 4.78 is 0. The molecule has 0 saturated heterocycles. The van der Waals surface area contributed by atoms with Crippen molar-refractivity contribution in [1.82, 2.24) is 0 Å². The normalized spacial score (nSPS) is 11.9. The lowest BCUT2D eigenvalue weighted by Crippen LogP contribution is -2.36. The molecule has 4 heteroatoms. The zero-order valence-electron chi connectivity index (χ0n) is 11.8. The predicted octanol–water partition coefficient (Wildman–Crippen LogP) is 4.10. The molecule has 2 N–H and O–H groups in total. The van der Waals surface area contributed by atoms with E-state index in [1.807, 2.05) is 55.5 Å². The number of hydrogen-bond acceptors (Lipinski definition) is 2. The molecule has 0 bridgehead atoms. The molecule has 2 nitrogen and oxygen atoms in total. The van der Waals surface area contributed by atoms with Gasteiger partial charge in [-0.3, -0.25) is 0 Å². The van der Waals surface area contributed by atoms with Crippen LogP contribution in [-0.4, -0.2) is 16.5 Å². The van der Waals surface area contributed by atoms with Gasteiger partial charge in [0.15, 0.2) is 6.29 Å². The van der Waals surface area contributed by atoms with E-state index in [9.17, 15) is 10.2 Å². The van der Waals surface area contributed by atoms with E-state index in [1.165, 1.54) is 0 Å². The summed E-state index contributed by atoms with van der Waals surface area (Å²) in [6.07, 6.45) is -0.321. The van der Waals surface area contributed by atoms with Gasteiger partial charge < -0.3 is 10.2 Å². The lowest BCUT2D eigenvalue weighted by atomic mass is 9.77. The highest BCUT2D eigenvalue weighted by Crippen LogP contribution is 2.31. The molecule has 0 atom stereocenters. The number of hydrogen-bond donors (Lipinski definition) is 2. The van der Waals surface area contributed by atoms with E-state index < -0.39 is 11.7 Å². The van der Waals surface area contributed by atoms with E-state index >= 15 is 0 Å². The van der Waals surface area contributed by atoms with Gasteiger partial charge in [0.2, 0.25) is 0 Å². The Kier molecular flexibility index (Phi) is 5.28. The zero-order chi connectivity index (χ0) is 15.5. The van der Waals surface area contributed by atoms with Gasteiger partial charge in [0.1, 0.15) is 0 Å². The van der Waals surface area contributed by atoms with Crippen LogP contribution in [0.25, 0.3) is 0 Å². The molecule has 0 aliphatic rings. The van der Waals surface area contributed by atoms with E-state index in [0.29, 0.717) is 22.9 Å². The highest BCUT2D eigenvalue weighted by atomic mass is 35.5. The first kappa shape index (κ1) is 16.3. The van der Waals surface area contributed by atoms with Crippen LogP contribution in [-0.2, 0) is 12.8 Å². The smallest absolute Gasteiger partial charge is 0.157 e. The first-order valence-corrected chi connectivity index (χ1v) is 7.50. The first-order valence-electron chi connectivity index (χ1n) is 6.74. The molecule has 0 unspecified atom stereocenters. The summed E-state index contributed by atoms with van der Waals surface area (Å²) >= 11 is 11.8. The van der Waals surface area contributed by atoms with Gasteiger partial charge in [-0.05, 0) is 48.2 Å². The minimum Gasteiger partial charge on any atom is -0.368 e. The fourth-order valence-electron chi connectivity index (χ4n) is 2.38. The average molecular weight is 325 g/mol. The van der Waals surface area contributed by atoms with Gasteiger partial charge in [0, 0.05) is 15.5 Å². The van der Waals surface area contributed by atoms with Crippen LogP contribution >= 0.6 is 23.2 Å². The van der Waals surface area contributed by atoms with Crippen molar-refractivity contribution in [2.75, 3.05) is 0 Å². The lowest BCUT2D eigenvalue weighted by molar-refractivity contribution is -0.128. The number of benzene rings is 2. The number of aliphatic hydroxyl groups is 2. The molecular formula is C17H18Cl2O2. The fourth-order valence-corrected chi connectivity index (χ4v) is 2.63. The summed E-state index contributed by atoms with van der Waals surface area (Å²) in [6.45, 7) is 1.86. The molecule has 0 fully saturated rings. The maximum absolute atomic E-state index is 9.81. The van der Waals surface area contributed by atoms with Crippen LogP contribution in [0, 0.1) is 5.41 Å². The van der Waals surface area contributed by atoms with Crippen molar-refractivity contribution < 1.29 is 10.2 Å². The van der Waals surface area contributed by atoms with Crippen LogP contribution in [0.15, 0.2) is 48.5 Å². The molecule has 0 radical (unpaired) electrons. The summed E-state index contributed by atoms with van der Waals surface area (Å²) in [5, 5.41) is 21.0. The van der Waals surface area contributed by atoms with E-state index in [-0.39, 0.29) is 0 Å². The van der Waals surface area contributed by atoms with Crippen LogP contribution in [0.1, 0.15) is 18.1 Å². The molecule has 0 aliphatic heterocycles. The van der Waals surface area contributed by atoms with Crippen molar-refractivity contribution >= 4 is 23.2 Å². The van der Waals surface area contributed by atoms with E-state index in [1.54, 1.807) is 0 Å². The predicted molar refractivity (Wildman–Crippen MR) is 86.6 cm³/mol. The topological polar surface area (TPSA) is 40.5 Å². The third kappa shape index (κ3) is 4.45. The molecule has 0 amide bonds. The fraction of sp³-hybridized carbons (Fsp3) is 0.294. The summed E-state index contributed by atoms with van der Waals surface area (Å²) in [5.74, 6) is 0. The molecular weight excluding hydrogens is 307 g/mol. The third-order valence-corrected chi connectivity index (χ3v) is 4.17. The van der Waals surface area contributed by atoms with Crippen molar-refractivity contribution in [2.45, 2.75) is 26.1 Å². The molecule has 0 heterocycles. The molecule has 112 valence electrons. The number of aliphatic hydroxyl groups excluding tert-OH is 1. The minimum atomic E-state index is -1.41. The monoisotopic (exact) mass is 324 g/mol. The van der Waals surface area contributed by atoms with Crippen molar-refractivity contribution in [2.24, 2.45) is 5.41 Å². The Morgan fingerprint density at radius 3 is 1.43 bits per heavy atom. The van der Waals surface area contributed by atoms with Crippen LogP contribution in [0.3, 0.4) is 0 Å². The van der Waals surface area contributed by atoms with E-state index in [2.05, 4.69) is 0 Å². The standard InChI is InChI=1S/C17H18Cl2O2/c1-17(16(20)21,10-12-2-6-14(18)7-3-12)11-13-4-8-15(19)9-5-13/h2-9,16,20-21H,10-11H2,1H3. The molecule has 2 rings (SSSR count). The van der Waals surface area contributed by atoms with Crippen molar-refractivity contribution in [1.29, 1.82) is 0 Å². The van der Waals surface area contributed by atoms with Gasteiger partial charge in [-0.1, -0.05) is 54.4 Å². The van der Waals surface area contributed by atoms with Gasteiger partial charge in [0.05, 0.1) is 0 Å².